The predicted molar refractivity (Wildman–Crippen MR) is 330 cm³/mol. The molecule has 20 heteroatoms. The Bertz CT molecular complexity index is 4350. The molecule has 88 heavy (non-hydrogen) atoms. The van der Waals surface area contributed by atoms with Crippen LogP contribution in [0.3, 0.4) is 0 Å². The molecule has 0 atom stereocenters. The highest BCUT2D eigenvalue weighted by Gasteiger charge is 2.34. The van der Waals surface area contributed by atoms with Crippen molar-refractivity contribution in [1.29, 1.82) is 0 Å². The average Bonchev–Trinajstić information content (AvgIpc) is 1.73. The van der Waals surface area contributed by atoms with Gasteiger partial charge in [-0.2, -0.15) is 0 Å². The molecule has 0 saturated carbocycles. The zero-order valence-corrected chi connectivity index (χ0v) is 45.4. The van der Waals surface area contributed by atoms with Crippen molar-refractivity contribution in [2.75, 3.05) is 21.3 Å². The van der Waals surface area contributed by atoms with Crippen molar-refractivity contribution in [3.8, 4) is 23.0 Å². The van der Waals surface area contributed by atoms with Crippen LogP contribution in [-0.4, -0.2) is 86.6 Å². The number of H-pyrrole nitrogens is 2. The van der Waals surface area contributed by atoms with Gasteiger partial charge in [-0.05, 0) is 121 Å². The van der Waals surface area contributed by atoms with Crippen LogP contribution in [0.15, 0.2) is 193 Å². The summed E-state index contributed by atoms with van der Waals surface area (Å²) in [5, 5.41) is 55.1. The molecule has 0 spiro atoms. The first-order valence-corrected chi connectivity index (χ1v) is 27.0. The number of hydrogen-bond acceptors (Lipinski definition) is 18. The third-order valence-electron chi connectivity index (χ3n) is 14.8. The van der Waals surface area contributed by atoms with Crippen LogP contribution in [0, 0.1) is 0 Å². The lowest BCUT2D eigenvalue weighted by molar-refractivity contribution is -0.130. The number of Topliss-reactive ketones (excluding diaryl/α,β-unsaturated/α-hetero) is 4. The van der Waals surface area contributed by atoms with E-state index in [1.165, 1.54) is 97.1 Å². The summed E-state index contributed by atoms with van der Waals surface area (Å²) in [4.78, 5) is 131. The van der Waals surface area contributed by atoms with Crippen LogP contribution >= 0.6 is 0 Å². The molecule has 0 radical (unpaired) electrons. The number of para-hydroxylation sites is 8. The fourth-order valence-corrected chi connectivity index (χ4v) is 10.7. The Morgan fingerprint density at radius 2 is 0.500 bits per heavy atom. The molecule has 0 fully saturated rings. The van der Waals surface area contributed by atoms with Gasteiger partial charge in [0.1, 0.15) is 23.0 Å². The maximum Gasteiger partial charge on any atom is 0.233 e. The van der Waals surface area contributed by atoms with E-state index in [-0.39, 0.29) is 158 Å². The number of allylic oxidation sites excluding steroid dienone is 12. The molecule has 4 aliphatic carbocycles. The Balaban J connectivity index is 1.13. The molecule has 426 valence electrons. The van der Waals surface area contributed by atoms with Crippen LogP contribution < -0.4 is 21.3 Å². The van der Waals surface area contributed by atoms with E-state index in [1.807, 2.05) is 0 Å². The number of rotatable bonds is 12. The summed E-state index contributed by atoms with van der Waals surface area (Å²) in [6.45, 7) is 0. The van der Waals surface area contributed by atoms with Crippen molar-refractivity contribution in [2.24, 2.45) is 0 Å². The number of nitrogens with one attached hydrogen (secondary N) is 6. The van der Waals surface area contributed by atoms with Crippen molar-refractivity contribution in [2.45, 2.75) is 0 Å². The molecule has 10 N–H and O–H groups in total. The maximum atomic E-state index is 14.5. The first-order valence-electron chi connectivity index (χ1n) is 27.0. The normalized spacial score (nSPS) is 15.6. The second-order valence-corrected chi connectivity index (χ2v) is 20.5. The van der Waals surface area contributed by atoms with Crippen LogP contribution in [0.2, 0.25) is 0 Å². The van der Waals surface area contributed by atoms with E-state index in [4.69, 9.17) is 9.97 Å². The van der Waals surface area contributed by atoms with E-state index in [2.05, 4.69) is 31.2 Å². The molecule has 6 aliphatic rings. The fraction of sp³-hybridized carbons (Fsp3) is 0. The van der Waals surface area contributed by atoms with E-state index in [1.54, 1.807) is 72.8 Å². The monoisotopic (exact) mass is 1160 g/mol. The van der Waals surface area contributed by atoms with E-state index >= 15 is 0 Å². The molecule has 0 saturated heterocycles. The predicted octanol–water partition coefficient (Wildman–Crippen LogP) is 9.60. The fourth-order valence-electron chi connectivity index (χ4n) is 10.7. The standard InChI is InChI=1S/C68H42N8O12/c77-53-13-5-1-9-41(53)69-33-25-37(65(85)57(81)29-33)61-45-17-19-47(73-45)62(38-26-34(30-58(82)66(38)86)70-42-10-2-6-14-54(42)78)49-21-23-51(75-49)64(40-28-36(32-60(84)68(40)88)72-44-12-4-8-16-56(44)80)52-24-22-50(76-52)63(48-20-18-46(61)74-48)39-27-35(31-59(83)67(39)87)71-43-11-3-7-15-55(43)79/h1-32,69-73,76-80H. The van der Waals surface area contributed by atoms with Crippen LogP contribution in [0.1, 0.15) is 45.0 Å². The van der Waals surface area contributed by atoms with Gasteiger partial charge < -0.3 is 51.7 Å². The van der Waals surface area contributed by atoms with Gasteiger partial charge >= 0.3 is 0 Å². The summed E-state index contributed by atoms with van der Waals surface area (Å²) in [5.41, 5.74) is 0.788. The zero-order chi connectivity index (χ0) is 61.1. The first-order chi connectivity index (χ1) is 42.5. The lowest BCUT2D eigenvalue weighted by atomic mass is 9.92. The van der Waals surface area contributed by atoms with Crippen LogP contribution in [0.5, 0.6) is 23.0 Å². The molecule has 4 aromatic carbocycles. The molecule has 5 heterocycles. The number of hydrogen-bond donors (Lipinski definition) is 10. The Hall–Kier alpha value is -12.8. The lowest BCUT2D eigenvalue weighted by Gasteiger charge is -2.17. The van der Waals surface area contributed by atoms with E-state index in [0.29, 0.717) is 0 Å². The number of benzene rings is 4. The number of phenols is 4. The number of anilines is 4. The summed E-state index contributed by atoms with van der Waals surface area (Å²) in [5.74, 6) is -8.45. The van der Waals surface area contributed by atoms with Crippen molar-refractivity contribution >= 4 is 138 Å². The number of aromatic nitrogens is 4. The highest BCUT2D eigenvalue weighted by atomic mass is 16.3. The van der Waals surface area contributed by atoms with Crippen LogP contribution in [-0.2, 0) is 38.4 Å². The van der Waals surface area contributed by atoms with E-state index < -0.39 is 46.3 Å². The van der Waals surface area contributed by atoms with Crippen LogP contribution in [0.4, 0.5) is 22.7 Å². The van der Waals surface area contributed by atoms with Gasteiger partial charge in [-0.25, -0.2) is 9.97 Å². The number of fused-ring (bicyclic) bond motifs is 8. The minimum Gasteiger partial charge on any atom is -0.506 e. The van der Waals surface area contributed by atoms with Gasteiger partial charge in [-0.15, -0.1) is 0 Å². The summed E-state index contributed by atoms with van der Waals surface area (Å²) < 4.78 is 0. The Labute approximate surface area is 496 Å². The number of carbonyl (C=O) groups is 8. The van der Waals surface area contributed by atoms with Gasteiger partial charge in [0.15, 0.2) is 0 Å². The molecule has 0 amide bonds. The maximum absolute atomic E-state index is 14.5. The van der Waals surface area contributed by atoms with Crippen molar-refractivity contribution in [1.82, 2.24) is 19.9 Å². The minimum atomic E-state index is -0.985. The molecule has 3 aromatic heterocycles. The SMILES string of the molecule is O=C1C=C(Nc2ccccc2O)C=C(c2c3nc(c(C4=CC(Nc5ccccc5O)=CC(=O)C4=O)c4ccc([nH]4)c(C4=CC(Nc5ccccc5O)=CC(=O)C4=O)c4nc(c(C5=CC(Nc6ccccc6O)=CC(=O)C5=O)c5ccc2[nH]5)C=C4)C=C3)C1=O. The number of nitrogens with zero attached hydrogens (tertiary/aromatic N) is 2. The van der Waals surface area contributed by atoms with Crippen LogP contribution in [0.25, 0.3) is 68.7 Å². The number of aromatic hydroxyl groups is 4. The van der Waals surface area contributed by atoms with Crippen molar-refractivity contribution in [3.05, 3.63) is 238 Å². The minimum absolute atomic E-state index is 0.00245. The molecular weight excluding hydrogens is 1120 g/mol. The van der Waals surface area contributed by atoms with Gasteiger partial charge in [-0.3, -0.25) is 38.4 Å². The average molecular weight is 1160 g/mol. The Morgan fingerprint density at radius 1 is 0.284 bits per heavy atom. The smallest absolute Gasteiger partial charge is 0.233 e. The highest BCUT2D eigenvalue weighted by Crippen LogP contribution is 2.40. The molecule has 7 aromatic rings. The van der Waals surface area contributed by atoms with Gasteiger partial charge in [0.25, 0.3) is 0 Å². The van der Waals surface area contributed by atoms with Gasteiger partial charge in [-0.1, -0.05) is 48.5 Å². The number of aromatic amines is 2. The third-order valence-corrected chi connectivity index (χ3v) is 14.8. The third kappa shape index (κ3) is 10.0. The summed E-state index contributed by atoms with van der Waals surface area (Å²) in [6, 6.07) is 31.0. The molecule has 13 rings (SSSR count). The summed E-state index contributed by atoms with van der Waals surface area (Å²) >= 11 is 0. The Morgan fingerprint density at radius 3 is 0.716 bits per heavy atom. The molecule has 8 bridgehead atoms. The molecule has 2 aliphatic heterocycles. The summed E-state index contributed by atoms with van der Waals surface area (Å²) in [6.07, 6.45) is 15.9. The second kappa shape index (κ2) is 21.7. The quantitative estimate of drug-likeness (QED) is 0.0309. The Kier molecular flexibility index (Phi) is 13.4. The molecular formula is C68H42N8O12. The first kappa shape index (κ1) is 54.4. The number of carbonyl (C=O) groups excluding carboxylic acids is 8. The van der Waals surface area contributed by atoms with E-state index in [9.17, 15) is 58.8 Å². The van der Waals surface area contributed by atoms with Crippen molar-refractivity contribution in [3.63, 3.8) is 0 Å². The summed E-state index contributed by atoms with van der Waals surface area (Å²) in [7, 11) is 0. The number of phenolic OH excluding ortho intramolecular Hbond substituents is 4. The lowest BCUT2D eigenvalue weighted by Crippen LogP contribution is -2.20. The largest absolute Gasteiger partial charge is 0.506 e. The topological polar surface area (TPSA) is 323 Å². The number of ketones is 8. The zero-order valence-electron chi connectivity index (χ0n) is 45.4. The van der Waals surface area contributed by atoms with Gasteiger partial charge in [0.05, 0.1) is 45.5 Å². The molecule has 0 unspecified atom stereocenters. The highest BCUT2D eigenvalue weighted by molar-refractivity contribution is 6.61. The van der Waals surface area contributed by atoms with Gasteiger partial charge in [0, 0.05) is 114 Å². The van der Waals surface area contributed by atoms with Crippen molar-refractivity contribution < 1.29 is 58.8 Å². The molecule has 20 nitrogen and oxygen atoms in total. The van der Waals surface area contributed by atoms with E-state index in [0.717, 1.165) is 24.3 Å². The second-order valence-electron chi connectivity index (χ2n) is 20.5. The van der Waals surface area contributed by atoms with Gasteiger partial charge in [0.2, 0.25) is 46.3 Å².